The largest absolute Gasteiger partial charge is 0.493 e. The van der Waals surface area contributed by atoms with Gasteiger partial charge < -0.3 is 29.6 Å². The molecule has 2 amide bonds. The maximum Gasteiger partial charge on any atom is 0.326 e. The van der Waals surface area contributed by atoms with Gasteiger partial charge in [-0.05, 0) is 38.1 Å². The second kappa shape index (κ2) is 9.64. The number of ether oxygens (including phenoxy) is 4. The van der Waals surface area contributed by atoms with Crippen LogP contribution in [0.3, 0.4) is 0 Å². The number of hydrogen-bond acceptors (Lipinski definition) is 7. The van der Waals surface area contributed by atoms with Gasteiger partial charge in [-0.25, -0.2) is 0 Å². The Morgan fingerprint density at radius 1 is 1.10 bits per heavy atom. The van der Waals surface area contributed by atoms with Gasteiger partial charge in [0.25, 0.3) is 11.8 Å². The third-order valence-electron chi connectivity index (χ3n) is 4.14. The van der Waals surface area contributed by atoms with Crippen molar-refractivity contribution in [3.05, 3.63) is 48.0 Å². The van der Waals surface area contributed by atoms with E-state index in [4.69, 9.17) is 18.9 Å². The number of hydrogen-bond donors (Lipinski definition) is 2. The minimum atomic E-state index is -1.06. The summed E-state index contributed by atoms with van der Waals surface area (Å²) in [5.41, 5.74) is 0.786. The Labute approximate surface area is 173 Å². The second-order valence-electron chi connectivity index (χ2n) is 6.30. The molecule has 0 fully saturated rings. The third kappa shape index (κ3) is 5.19. The lowest BCUT2D eigenvalue weighted by Gasteiger charge is -2.14. The molecule has 0 radical (unpaired) electrons. The first-order valence-electron chi connectivity index (χ1n) is 9.38. The van der Waals surface area contributed by atoms with E-state index in [2.05, 4.69) is 10.6 Å². The lowest BCUT2D eigenvalue weighted by atomic mass is 10.2. The maximum atomic E-state index is 12.3. The highest BCUT2D eigenvalue weighted by Gasteiger charge is 2.21. The Morgan fingerprint density at radius 3 is 2.67 bits per heavy atom. The fraction of sp³-hybridized carbons (Fsp3) is 0.286. The average molecular weight is 414 g/mol. The van der Waals surface area contributed by atoms with Crippen molar-refractivity contribution < 1.29 is 33.3 Å². The summed E-state index contributed by atoms with van der Waals surface area (Å²) >= 11 is 0. The van der Waals surface area contributed by atoms with Crippen LogP contribution in [0.5, 0.6) is 17.2 Å². The van der Waals surface area contributed by atoms with Crippen molar-refractivity contribution >= 4 is 23.5 Å². The number of esters is 1. The number of anilines is 1. The molecule has 158 valence electrons. The molecule has 3 rings (SSSR count). The van der Waals surface area contributed by atoms with Gasteiger partial charge in [0.15, 0.2) is 17.6 Å². The van der Waals surface area contributed by atoms with Gasteiger partial charge in [-0.2, -0.15) is 0 Å². The summed E-state index contributed by atoms with van der Waals surface area (Å²) in [6, 6.07) is 11.6. The molecule has 30 heavy (non-hydrogen) atoms. The fourth-order valence-electron chi connectivity index (χ4n) is 2.69. The summed E-state index contributed by atoms with van der Waals surface area (Å²) in [4.78, 5) is 36.6. The Balaban J connectivity index is 1.48. The molecule has 2 aromatic rings. The van der Waals surface area contributed by atoms with E-state index in [9.17, 15) is 14.4 Å². The van der Waals surface area contributed by atoms with Gasteiger partial charge in [0.05, 0.1) is 12.2 Å². The normalized spacial score (nSPS) is 12.6. The van der Waals surface area contributed by atoms with Crippen molar-refractivity contribution in [1.82, 2.24) is 5.32 Å². The van der Waals surface area contributed by atoms with Crippen molar-refractivity contribution in [2.45, 2.75) is 20.0 Å². The number of carbonyl (C=O) groups excluding carboxylic acids is 3. The summed E-state index contributed by atoms with van der Waals surface area (Å²) in [5.74, 6) is -0.210. The van der Waals surface area contributed by atoms with Gasteiger partial charge in [-0.1, -0.05) is 12.1 Å². The monoisotopic (exact) mass is 414 g/mol. The van der Waals surface area contributed by atoms with Crippen molar-refractivity contribution in [2.24, 2.45) is 0 Å². The van der Waals surface area contributed by atoms with Gasteiger partial charge >= 0.3 is 5.97 Å². The standard InChI is InChI=1S/C21H22N2O7/c1-3-27-16-7-5-4-6-15(16)21(26)22-11-19(24)30-13(2)20(25)23-14-8-9-17-18(10-14)29-12-28-17/h4-10,13H,3,11-12H2,1-2H3,(H,22,26)(H,23,25)/t13-/m0/s1. The average Bonchev–Trinajstić information content (AvgIpc) is 3.20. The highest BCUT2D eigenvalue weighted by molar-refractivity contribution is 5.99. The van der Waals surface area contributed by atoms with Crippen molar-refractivity contribution in [3.8, 4) is 17.2 Å². The van der Waals surface area contributed by atoms with E-state index >= 15 is 0 Å². The molecule has 0 aromatic heterocycles. The number of fused-ring (bicyclic) bond motifs is 1. The number of nitrogens with one attached hydrogen (secondary N) is 2. The first-order chi connectivity index (χ1) is 14.5. The van der Waals surface area contributed by atoms with Gasteiger partial charge in [0.2, 0.25) is 6.79 Å². The van der Waals surface area contributed by atoms with E-state index in [1.807, 2.05) is 6.92 Å². The number of para-hydroxylation sites is 1. The number of amides is 2. The molecule has 1 aliphatic heterocycles. The summed E-state index contributed by atoms with van der Waals surface area (Å²) in [6.07, 6.45) is -1.06. The SMILES string of the molecule is CCOc1ccccc1C(=O)NCC(=O)O[C@@H](C)C(=O)Nc1ccc2c(c1)OCO2. The van der Waals surface area contributed by atoms with Crippen LogP contribution in [-0.2, 0) is 14.3 Å². The number of rotatable bonds is 8. The fourth-order valence-corrected chi connectivity index (χ4v) is 2.69. The van der Waals surface area contributed by atoms with Crippen molar-refractivity contribution in [3.63, 3.8) is 0 Å². The predicted molar refractivity (Wildman–Crippen MR) is 107 cm³/mol. The molecule has 2 N–H and O–H groups in total. The molecule has 0 bridgehead atoms. The van der Waals surface area contributed by atoms with Crippen LogP contribution >= 0.6 is 0 Å². The third-order valence-corrected chi connectivity index (χ3v) is 4.14. The molecule has 0 aliphatic carbocycles. The van der Waals surface area contributed by atoms with Crippen molar-refractivity contribution in [1.29, 1.82) is 0 Å². The highest BCUT2D eigenvalue weighted by Crippen LogP contribution is 2.34. The molecule has 0 saturated carbocycles. The van der Waals surface area contributed by atoms with E-state index in [0.717, 1.165) is 0 Å². The quantitative estimate of drug-likeness (QED) is 0.636. The molecule has 9 heteroatoms. The molecule has 2 aromatic carbocycles. The molecule has 0 saturated heterocycles. The van der Waals surface area contributed by atoms with E-state index in [-0.39, 0.29) is 13.3 Å². The van der Waals surface area contributed by atoms with Crippen molar-refractivity contribution in [2.75, 3.05) is 25.3 Å². The summed E-state index contributed by atoms with van der Waals surface area (Å²) in [5, 5.41) is 5.10. The van der Waals surface area contributed by atoms with Crippen LogP contribution in [0.4, 0.5) is 5.69 Å². The second-order valence-corrected chi connectivity index (χ2v) is 6.30. The lowest BCUT2D eigenvalue weighted by Crippen LogP contribution is -2.36. The Hall–Kier alpha value is -3.75. The first kappa shape index (κ1) is 21.0. The molecule has 1 atom stereocenters. The van der Waals surface area contributed by atoms with Crippen LogP contribution in [0.1, 0.15) is 24.2 Å². The molecule has 0 unspecified atom stereocenters. The van der Waals surface area contributed by atoms with E-state index in [1.165, 1.54) is 6.92 Å². The van der Waals surface area contributed by atoms with E-state index < -0.39 is 23.9 Å². The smallest absolute Gasteiger partial charge is 0.326 e. The molecular formula is C21H22N2O7. The Bertz CT molecular complexity index is 945. The van der Waals surface area contributed by atoms with Gasteiger partial charge in [0.1, 0.15) is 12.3 Å². The van der Waals surface area contributed by atoms with Crippen LogP contribution < -0.4 is 24.8 Å². The van der Waals surface area contributed by atoms with Crippen LogP contribution in [0.2, 0.25) is 0 Å². The molecule has 1 aliphatic rings. The van der Waals surface area contributed by atoms with Gasteiger partial charge in [-0.15, -0.1) is 0 Å². The summed E-state index contributed by atoms with van der Waals surface area (Å²) in [7, 11) is 0. The van der Waals surface area contributed by atoms with Crippen LogP contribution in [0.25, 0.3) is 0 Å². The molecule has 0 spiro atoms. The Kier molecular flexibility index (Phi) is 6.74. The number of benzene rings is 2. The topological polar surface area (TPSA) is 112 Å². The van der Waals surface area contributed by atoms with Crippen LogP contribution in [-0.4, -0.2) is 43.8 Å². The maximum absolute atomic E-state index is 12.3. The van der Waals surface area contributed by atoms with E-state index in [0.29, 0.717) is 35.1 Å². The number of carbonyl (C=O) groups is 3. The van der Waals surface area contributed by atoms with Gasteiger partial charge in [-0.3, -0.25) is 14.4 Å². The van der Waals surface area contributed by atoms with Crippen LogP contribution in [0.15, 0.2) is 42.5 Å². The van der Waals surface area contributed by atoms with Crippen LogP contribution in [0, 0.1) is 0 Å². The lowest BCUT2D eigenvalue weighted by molar-refractivity contribution is -0.152. The molecule has 9 nitrogen and oxygen atoms in total. The minimum absolute atomic E-state index is 0.127. The van der Waals surface area contributed by atoms with E-state index in [1.54, 1.807) is 42.5 Å². The van der Waals surface area contributed by atoms with Gasteiger partial charge in [0, 0.05) is 11.8 Å². The minimum Gasteiger partial charge on any atom is -0.493 e. The predicted octanol–water partition coefficient (Wildman–Crippen LogP) is 2.11. The summed E-state index contributed by atoms with van der Waals surface area (Å²) < 4.78 is 20.9. The zero-order valence-corrected chi connectivity index (χ0v) is 16.6. The summed E-state index contributed by atoms with van der Waals surface area (Å²) in [6.45, 7) is 3.39. The molecular weight excluding hydrogens is 392 g/mol. The first-order valence-corrected chi connectivity index (χ1v) is 9.38. The Morgan fingerprint density at radius 2 is 1.87 bits per heavy atom. The zero-order valence-electron chi connectivity index (χ0n) is 16.6. The highest BCUT2D eigenvalue weighted by atomic mass is 16.7. The zero-order chi connectivity index (χ0) is 21.5. The molecule has 1 heterocycles.